The molecule has 3 rings (SSSR count). The Kier molecular flexibility index (Phi) is 4.77. The van der Waals surface area contributed by atoms with Crippen molar-refractivity contribution in [1.29, 1.82) is 0 Å². The largest absolute Gasteiger partial charge is 0.497 e. The number of alkyl halides is 3. The summed E-state index contributed by atoms with van der Waals surface area (Å²) in [7, 11) is 3.28. The third-order valence-corrected chi connectivity index (χ3v) is 4.08. The van der Waals surface area contributed by atoms with Crippen molar-refractivity contribution in [3.63, 3.8) is 0 Å². The maximum atomic E-state index is 12.9. The van der Waals surface area contributed by atoms with E-state index >= 15 is 0 Å². The van der Waals surface area contributed by atoms with Crippen molar-refractivity contribution in [1.82, 2.24) is 19.9 Å². The zero-order valence-corrected chi connectivity index (χ0v) is 14.9. The number of rotatable bonds is 4. The van der Waals surface area contributed by atoms with Crippen molar-refractivity contribution in [3.05, 3.63) is 53.2 Å². The minimum Gasteiger partial charge on any atom is -0.497 e. The lowest BCUT2D eigenvalue weighted by atomic mass is 10.2. The van der Waals surface area contributed by atoms with Crippen LogP contribution >= 0.6 is 0 Å². The zero-order chi connectivity index (χ0) is 19.8. The fourth-order valence-corrected chi connectivity index (χ4v) is 2.78. The van der Waals surface area contributed by atoms with Crippen molar-refractivity contribution in [3.8, 4) is 5.75 Å². The lowest BCUT2D eigenvalue weighted by Gasteiger charge is -2.10. The van der Waals surface area contributed by atoms with Crippen LogP contribution in [-0.4, -0.2) is 27.6 Å². The smallest absolute Gasteiger partial charge is 0.433 e. The number of hydrogen-bond acceptors (Lipinski definition) is 4. The topological polar surface area (TPSA) is 69.0 Å². The first-order chi connectivity index (χ1) is 12.7. The number of nitrogens with zero attached hydrogens (tertiary/aromatic N) is 3. The first-order valence-electron chi connectivity index (χ1n) is 8.02. The van der Waals surface area contributed by atoms with Gasteiger partial charge < -0.3 is 14.6 Å². The molecule has 2 heterocycles. The normalized spacial score (nSPS) is 11.6. The number of carbonyl (C=O) groups excluding carboxylic acids is 1. The Balaban J connectivity index is 1.81. The fraction of sp³-hybridized carbons (Fsp3) is 0.278. The van der Waals surface area contributed by atoms with Gasteiger partial charge in [0.25, 0.3) is 5.91 Å². The monoisotopic (exact) mass is 378 g/mol. The number of aryl methyl sites for hydroxylation is 2. The summed E-state index contributed by atoms with van der Waals surface area (Å²) >= 11 is 0. The van der Waals surface area contributed by atoms with Gasteiger partial charge in [0.15, 0.2) is 0 Å². The van der Waals surface area contributed by atoms with E-state index in [1.165, 1.54) is 6.92 Å². The molecular weight excluding hydrogens is 361 g/mol. The molecule has 0 atom stereocenters. The van der Waals surface area contributed by atoms with E-state index in [4.69, 9.17) is 4.74 Å². The molecule has 6 nitrogen and oxygen atoms in total. The first kappa shape index (κ1) is 18.7. The molecule has 0 radical (unpaired) electrons. The minimum absolute atomic E-state index is 0.101. The van der Waals surface area contributed by atoms with Gasteiger partial charge in [0, 0.05) is 23.6 Å². The number of methoxy groups -OCH3 is 1. The van der Waals surface area contributed by atoms with Crippen LogP contribution in [0.5, 0.6) is 5.75 Å². The van der Waals surface area contributed by atoms with Crippen LogP contribution in [0.15, 0.2) is 30.3 Å². The van der Waals surface area contributed by atoms with Gasteiger partial charge in [-0.2, -0.15) is 13.2 Å². The van der Waals surface area contributed by atoms with Crippen LogP contribution < -0.4 is 10.1 Å². The number of ether oxygens (including phenoxy) is 1. The molecule has 0 fully saturated rings. The molecule has 0 unspecified atom stereocenters. The molecule has 0 aliphatic rings. The maximum absolute atomic E-state index is 12.9. The predicted molar refractivity (Wildman–Crippen MR) is 92.4 cm³/mol. The van der Waals surface area contributed by atoms with E-state index in [9.17, 15) is 18.0 Å². The Morgan fingerprint density at radius 1 is 1.22 bits per heavy atom. The van der Waals surface area contributed by atoms with Crippen molar-refractivity contribution in [2.75, 3.05) is 7.11 Å². The van der Waals surface area contributed by atoms with Crippen LogP contribution in [0.25, 0.3) is 10.9 Å². The number of benzene rings is 1. The molecule has 1 amide bonds. The molecule has 0 aliphatic carbocycles. The van der Waals surface area contributed by atoms with Gasteiger partial charge in [0.1, 0.15) is 23.0 Å². The van der Waals surface area contributed by atoms with Gasteiger partial charge in [-0.15, -0.1) is 0 Å². The van der Waals surface area contributed by atoms with Crippen LogP contribution in [-0.2, 0) is 19.8 Å². The fourth-order valence-electron chi connectivity index (χ4n) is 2.78. The Bertz CT molecular complexity index is 1010. The molecule has 1 N–H and O–H groups in total. The molecule has 0 saturated heterocycles. The molecule has 27 heavy (non-hydrogen) atoms. The Morgan fingerprint density at radius 2 is 1.96 bits per heavy atom. The summed E-state index contributed by atoms with van der Waals surface area (Å²) in [6, 6.07) is 7.95. The SMILES string of the molecule is COc1ccc2c(c1)cc(C(=O)NCc1nc(C)cc(C(F)(F)F)n1)n2C. The summed E-state index contributed by atoms with van der Waals surface area (Å²) < 4.78 is 45.4. The third-order valence-electron chi connectivity index (χ3n) is 4.08. The van der Waals surface area contributed by atoms with Crippen molar-refractivity contribution >= 4 is 16.8 Å². The number of hydrogen-bond donors (Lipinski definition) is 1. The van der Waals surface area contributed by atoms with E-state index in [1.54, 1.807) is 36.9 Å². The van der Waals surface area contributed by atoms with Crippen molar-refractivity contribution in [2.24, 2.45) is 7.05 Å². The predicted octanol–water partition coefficient (Wildman–Crippen LogP) is 3.23. The highest BCUT2D eigenvalue weighted by atomic mass is 19.4. The van der Waals surface area contributed by atoms with Crippen LogP contribution in [0.2, 0.25) is 0 Å². The molecule has 0 bridgehead atoms. The average Bonchev–Trinajstić information content (AvgIpc) is 2.94. The first-order valence-corrected chi connectivity index (χ1v) is 8.02. The second-order valence-corrected chi connectivity index (χ2v) is 6.00. The lowest BCUT2D eigenvalue weighted by Crippen LogP contribution is -2.26. The van der Waals surface area contributed by atoms with Gasteiger partial charge in [-0.05, 0) is 37.3 Å². The van der Waals surface area contributed by atoms with Crippen molar-refractivity contribution < 1.29 is 22.7 Å². The zero-order valence-electron chi connectivity index (χ0n) is 14.9. The molecule has 1 aromatic carbocycles. The number of aromatic nitrogens is 3. The van der Waals surface area contributed by atoms with E-state index in [2.05, 4.69) is 15.3 Å². The van der Waals surface area contributed by atoms with Crippen LogP contribution in [0.1, 0.15) is 27.7 Å². The number of nitrogens with one attached hydrogen (secondary N) is 1. The molecule has 9 heteroatoms. The van der Waals surface area contributed by atoms with Gasteiger partial charge in [0.05, 0.1) is 13.7 Å². The minimum atomic E-state index is -4.57. The van der Waals surface area contributed by atoms with Gasteiger partial charge in [-0.3, -0.25) is 4.79 Å². The summed E-state index contributed by atoms with van der Waals surface area (Å²) in [6.07, 6.45) is -4.57. The summed E-state index contributed by atoms with van der Waals surface area (Å²) in [5.74, 6) is 0.121. The van der Waals surface area contributed by atoms with Crippen LogP contribution in [0, 0.1) is 6.92 Å². The highest BCUT2D eigenvalue weighted by Gasteiger charge is 2.33. The van der Waals surface area contributed by atoms with E-state index in [0.717, 1.165) is 17.0 Å². The average molecular weight is 378 g/mol. The standard InChI is InChI=1S/C18H17F3N4O2/c1-10-6-15(18(19,20)21)24-16(23-10)9-22-17(26)14-8-11-7-12(27-3)4-5-13(11)25(14)2/h4-8H,9H2,1-3H3,(H,22,26). The molecule has 142 valence electrons. The summed E-state index contributed by atoms with van der Waals surface area (Å²) in [5.41, 5.74) is 0.336. The van der Waals surface area contributed by atoms with E-state index < -0.39 is 17.8 Å². The summed E-state index contributed by atoms with van der Waals surface area (Å²) in [4.78, 5) is 19.9. The highest BCUT2D eigenvalue weighted by molar-refractivity contribution is 5.98. The Morgan fingerprint density at radius 3 is 2.63 bits per heavy atom. The van der Waals surface area contributed by atoms with Gasteiger partial charge in [-0.25, -0.2) is 9.97 Å². The number of amides is 1. The van der Waals surface area contributed by atoms with Crippen LogP contribution in [0.3, 0.4) is 0 Å². The maximum Gasteiger partial charge on any atom is 0.433 e. The van der Waals surface area contributed by atoms with Gasteiger partial charge in [0.2, 0.25) is 0 Å². The van der Waals surface area contributed by atoms with E-state index in [1.807, 2.05) is 6.07 Å². The quantitative estimate of drug-likeness (QED) is 0.757. The van der Waals surface area contributed by atoms with Gasteiger partial charge in [-0.1, -0.05) is 0 Å². The highest BCUT2D eigenvalue weighted by Crippen LogP contribution is 2.28. The Hall–Kier alpha value is -3.10. The molecule has 0 aliphatic heterocycles. The third kappa shape index (κ3) is 3.86. The molecule has 2 aromatic heterocycles. The van der Waals surface area contributed by atoms with E-state index in [0.29, 0.717) is 11.4 Å². The van der Waals surface area contributed by atoms with E-state index in [-0.39, 0.29) is 18.1 Å². The molecule has 3 aromatic rings. The molecular formula is C18H17F3N4O2. The summed E-state index contributed by atoms with van der Waals surface area (Å²) in [6.45, 7) is 1.23. The Labute approximate surface area is 153 Å². The number of carbonyl (C=O) groups is 1. The summed E-state index contributed by atoms with van der Waals surface area (Å²) in [5, 5.41) is 3.38. The molecule has 0 saturated carbocycles. The molecule has 0 spiro atoms. The van der Waals surface area contributed by atoms with Gasteiger partial charge >= 0.3 is 6.18 Å². The lowest BCUT2D eigenvalue weighted by molar-refractivity contribution is -0.141. The van der Waals surface area contributed by atoms with Crippen LogP contribution in [0.4, 0.5) is 13.2 Å². The number of fused-ring (bicyclic) bond motifs is 1. The second kappa shape index (κ2) is 6.90. The second-order valence-electron chi connectivity index (χ2n) is 6.00. The van der Waals surface area contributed by atoms with Crippen molar-refractivity contribution in [2.45, 2.75) is 19.6 Å². The number of halogens is 3.